The van der Waals surface area contributed by atoms with Crippen molar-refractivity contribution in [3.63, 3.8) is 0 Å². The van der Waals surface area contributed by atoms with Gasteiger partial charge in [0, 0.05) is 11.8 Å². The Kier molecular flexibility index (Phi) is 2.35. The van der Waals surface area contributed by atoms with E-state index in [0.29, 0.717) is 11.8 Å². The van der Waals surface area contributed by atoms with Gasteiger partial charge in [-0.15, -0.1) is 0 Å². The molecular weight excluding hydrogens is 156 g/mol. The maximum Gasteiger partial charge on any atom is 0.154 e. The van der Waals surface area contributed by atoms with Crippen molar-refractivity contribution in [2.24, 2.45) is 17.8 Å². The highest BCUT2D eigenvalue weighted by atomic mass is 16.5. The molecule has 1 saturated heterocycles. The second-order valence-corrected chi connectivity index (χ2v) is 3.98. The van der Waals surface area contributed by atoms with E-state index in [1.807, 2.05) is 0 Å². The molecule has 0 radical (unpaired) electrons. The van der Waals surface area contributed by atoms with Crippen LogP contribution in [0.25, 0.3) is 0 Å². The van der Waals surface area contributed by atoms with Crippen molar-refractivity contribution in [1.29, 1.82) is 0 Å². The van der Waals surface area contributed by atoms with Gasteiger partial charge in [-0.25, -0.2) is 0 Å². The zero-order valence-corrected chi connectivity index (χ0v) is 7.15. The summed E-state index contributed by atoms with van der Waals surface area (Å²) in [5.41, 5.74) is 0. The van der Waals surface area contributed by atoms with E-state index in [2.05, 4.69) is 0 Å². The van der Waals surface area contributed by atoms with Crippen LogP contribution in [0, 0.1) is 17.8 Å². The summed E-state index contributed by atoms with van der Waals surface area (Å²) in [5.74, 6) is 1.02. The number of ether oxygens (including phenoxy) is 1. The Labute approximate surface area is 72.3 Å². The molecule has 1 heterocycles. The van der Waals surface area contributed by atoms with E-state index in [9.17, 15) is 10.2 Å². The molecule has 2 fully saturated rings. The number of hydrogen-bond acceptors (Lipinski definition) is 3. The van der Waals surface area contributed by atoms with Crippen LogP contribution in [-0.4, -0.2) is 29.7 Å². The molecule has 12 heavy (non-hydrogen) atoms. The Bertz CT molecular complexity index is 136. The van der Waals surface area contributed by atoms with E-state index in [-0.39, 0.29) is 5.92 Å². The van der Waals surface area contributed by atoms with E-state index < -0.39 is 6.29 Å². The third-order valence-corrected chi connectivity index (χ3v) is 3.25. The van der Waals surface area contributed by atoms with Gasteiger partial charge in [-0.05, 0) is 18.8 Å². The van der Waals surface area contributed by atoms with Crippen molar-refractivity contribution in [1.82, 2.24) is 0 Å². The summed E-state index contributed by atoms with van der Waals surface area (Å²) in [7, 11) is 0. The zero-order valence-electron chi connectivity index (χ0n) is 7.15. The summed E-state index contributed by atoms with van der Waals surface area (Å²) in [6.07, 6.45) is 2.45. The van der Waals surface area contributed by atoms with Crippen LogP contribution in [-0.2, 0) is 4.74 Å². The van der Waals surface area contributed by atoms with Gasteiger partial charge in [0.2, 0.25) is 0 Å². The Morgan fingerprint density at radius 2 is 1.75 bits per heavy atom. The third kappa shape index (κ3) is 1.37. The van der Waals surface area contributed by atoms with Crippen molar-refractivity contribution in [2.45, 2.75) is 25.6 Å². The fraction of sp³-hybridized carbons (Fsp3) is 1.00. The van der Waals surface area contributed by atoms with Crippen molar-refractivity contribution < 1.29 is 14.9 Å². The molecule has 2 rings (SSSR count). The minimum Gasteiger partial charge on any atom is -0.381 e. The predicted octanol–water partition coefficient (Wildman–Crippen LogP) is 0.360. The Balaban J connectivity index is 1.91. The second-order valence-electron chi connectivity index (χ2n) is 3.98. The summed E-state index contributed by atoms with van der Waals surface area (Å²) >= 11 is 0. The van der Waals surface area contributed by atoms with E-state index >= 15 is 0 Å². The lowest BCUT2D eigenvalue weighted by Crippen LogP contribution is -2.45. The highest BCUT2D eigenvalue weighted by Crippen LogP contribution is 2.40. The third-order valence-electron chi connectivity index (χ3n) is 3.25. The largest absolute Gasteiger partial charge is 0.381 e. The highest BCUT2D eigenvalue weighted by molar-refractivity contribution is 4.86. The van der Waals surface area contributed by atoms with Gasteiger partial charge in [0.15, 0.2) is 6.29 Å². The van der Waals surface area contributed by atoms with Crippen LogP contribution >= 0.6 is 0 Å². The van der Waals surface area contributed by atoms with E-state index in [4.69, 9.17) is 4.74 Å². The number of aliphatic hydroxyl groups excluding tert-OH is 1. The van der Waals surface area contributed by atoms with Crippen molar-refractivity contribution >= 4 is 0 Å². The second kappa shape index (κ2) is 3.32. The molecule has 2 aliphatic rings. The van der Waals surface area contributed by atoms with Crippen molar-refractivity contribution in [2.75, 3.05) is 13.2 Å². The van der Waals surface area contributed by atoms with Gasteiger partial charge >= 0.3 is 0 Å². The van der Waals surface area contributed by atoms with Crippen LogP contribution in [0.3, 0.4) is 0 Å². The average molecular weight is 172 g/mol. The van der Waals surface area contributed by atoms with E-state index in [0.717, 1.165) is 13.2 Å². The van der Waals surface area contributed by atoms with Gasteiger partial charge in [0.05, 0.1) is 13.2 Å². The molecule has 0 aromatic heterocycles. The number of aliphatic hydroxyl groups is 2. The smallest absolute Gasteiger partial charge is 0.154 e. The molecule has 0 aromatic rings. The topological polar surface area (TPSA) is 49.7 Å². The normalized spacial score (nSPS) is 28.2. The van der Waals surface area contributed by atoms with Gasteiger partial charge in [-0.2, -0.15) is 0 Å². The molecule has 0 amide bonds. The van der Waals surface area contributed by atoms with Gasteiger partial charge in [0.25, 0.3) is 0 Å². The maximum absolute atomic E-state index is 9.18. The lowest BCUT2D eigenvalue weighted by Gasteiger charge is -2.42. The first-order valence-corrected chi connectivity index (χ1v) is 4.73. The van der Waals surface area contributed by atoms with Crippen molar-refractivity contribution in [3.8, 4) is 0 Å². The SMILES string of the molecule is OC(O)C(C1CCC1)C1COC1. The molecule has 1 aliphatic carbocycles. The summed E-state index contributed by atoms with van der Waals surface area (Å²) in [4.78, 5) is 0. The number of hydrogen-bond donors (Lipinski definition) is 2. The molecule has 3 heteroatoms. The molecule has 1 saturated carbocycles. The molecule has 3 nitrogen and oxygen atoms in total. The van der Waals surface area contributed by atoms with Crippen LogP contribution in [0.5, 0.6) is 0 Å². The number of rotatable bonds is 3. The first-order valence-electron chi connectivity index (χ1n) is 4.73. The predicted molar refractivity (Wildman–Crippen MR) is 43.4 cm³/mol. The first-order chi connectivity index (χ1) is 5.79. The van der Waals surface area contributed by atoms with Crippen LogP contribution in [0.4, 0.5) is 0 Å². The molecule has 1 atom stereocenters. The molecular formula is C9H16O3. The van der Waals surface area contributed by atoms with Gasteiger partial charge in [-0.3, -0.25) is 0 Å². The minimum atomic E-state index is -1.14. The quantitative estimate of drug-likeness (QED) is 0.604. The summed E-state index contributed by atoms with van der Waals surface area (Å²) in [6, 6.07) is 0. The molecule has 0 bridgehead atoms. The fourth-order valence-corrected chi connectivity index (χ4v) is 2.17. The summed E-state index contributed by atoms with van der Waals surface area (Å²) < 4.78 is 5.06. The summed E-state index contributed by atoms with van der Waals surface area (Å²) in [5, 5.41) is 18.4. The molecule has 1 unspecified atom stereocenters. The fourth-order valence-electron chi connectivity index (χ4n) is 2.17. The first kappa shape index (κ1) is 8.48. The van der Waals surface area contributed by atoms with Crippen molar-refractivity contribution in [3.05, 3.63) is 0 Å². The van der Waals surface area contributed by atoms with Crippen LogP contribution in [0.2, 0.25) is 0 Å². The van der Waals surface area contributed by atoms with Crippen LogP contribution < -0.4 is 0 Å². The molecule has 0 aromatic carbocycles. The Hall–Kier alpha value is -0.120. The Morgan fingerprint density at radius 1 is 1.08 bits per heavy atom. The van der Waals surface area contributed by atoms with Crippen LogP contribution in [0.15, 0.2) is 0 Å². The van der Waals surface area contributed by atoms with Crippen LogP contribution in [0.1, 0.15) is 19.3 Å². The standard InChI is InChI=1S/C9H16O3/c10-9(11)8(6-2-1-3-6)7-4-12-5-7/h6-11H,1-5H2. The highest BCUT2D eigenvalue weighted by Gasteiger charge is 2.40. The molecule has 0 spiro atoms. The average Bonchev–Trinajstić information content (AvgIpc) is 1.77. The van der Waals surface area contributed by atoms with Gasteiger partial charge in [-0.1, -0.05) is 6.42 Å². The van der Waals surface area contributed by atoms with Gasteiger partial charge < -0.3 is 14.9 Å². The maximum atomic E-state index is 9.18. The molecule has 1 aliphatic heterocycles. The van der Waals surface area contributed by atoms with E-state index in [1.165, 1.54) is 19.3 Å². The van der Waals surface area contributed by atoms with E-state index in [1.54, 1.807) is 0 Å². The minimum absolute atomic E-state index is 0.0764. The van der Waals surface area contributed by atoms with Gasteiger partial charge in [0.1, 0.15) is 0 Å². The molecule has 2 N–H and O–H groups in total. The lowest BCUT2D eigenvalue weighted by atomic mass is 9.69. The monoisotopic (exact) mass is 172 g/mol. The Morgan fingerprint density at radius 3 is 2.00 bits per heavy atom. The molecule has 70 valence electrons. The lowest BCUT2D eigenvalue weighted by molar-refractivity contribution is -0.178. The zero-order chi connectivity index (χ0) is 8.55. The summed E-state index contributed by atoms with van der Waals surface area (Å²) in [6.45, 7) is 1.44.